The van der Waals surface area contributed by atoms with Crippen molar-refractivity contribution in [3.63, 3.8) is 0 Å². The smallest absolute Gasteiger partial charge is 0.242 e. The average Bonchev–Trinajstić information content (AvgIpc) is 2.71. The third kappa shape index (κ3) is 5.81. The van der Waals surface area contributed by atoms with Gasteiger partial charge in [0.15, 0.2) is 0 Å². The van der Waals surface area contributed by atoms with Gasteiger partial charge in [-0.05, 0) is 37.1 Å². The number of rotatable bonds is 9. The number of carbonyl (C=O) groups is 2. The van der Waals surface area contributed by atoms with Gasteiger partial charge in [-0.3, -0.25) is 9.59 Å². The van der Waals surface area contributed by atoms with Gasteiger partial charge in [0.1, 0.15) is 17.6 Å². The predicted octanol–water partition coefficient (Wildman–Crippen LogP) is 3.32. The van der Waals surface area contributed by atoms with E-state index in [9.17, 15) is 14.0 Å². The minimum absolute atomic E-state index is 0.0301. The molecule has 0 aliphatic carbocycles. The molecule has 150 valence electrons. The van der Waals surface area contributed by atoms with Crippen molar-refractivity contribution in [1.82, 2.24) is 10.2 Å². The van der Waals surface area contributed by atoms with E-state index in [4.69, 9.17) is 4.74 Å². The largest absolute Gasteiger partial charge is 0.497 e. The molecule has 2 amide bonds. The van der Waals surface area contributed by atoms with Crippen molar-refractivity contribution in [3.05, 3.63) is 65.5 Å². The standard InChI is InChI=1S/C22H27FN2O3/c1-4-13-24-22(27)16(2)25(15-18-7-5-6-8-20(18)23)21(26)14-17-9-11-19(28-3)12-10-17/h5-12,16H,4,13-15H2,1-3H3,(H,24,27)/t16-/m1/s1. The van der Waals surface area contributed by atoms with Gasteiger partial charge >= 0.3 is 0 Å². The number of hydrogen-bond donors (Lipinski definition) is 1. The van der Waals surface area contributed by atoms with Crippen molar-refractivity contribution in [2.24, 2.45) is 0 Å². The molecule has 0 fully saturated rings. The van der Waals surface area contributed by atoms with E-state index in [0.717, 1.165) is 12.0 Å². The van der Waals surface area contributed by atoms with Crippen LogP contribution in [-0.4, -0.2) is 36.4 Å². The number of ether oxygens (including phenoxy) is 1. The van der Waals surface area contributed by atoms with Crippen LogP contribution in [0.15, 0.2) is 48.5 Å². The summed E-state index contributed by atoms with van der Waals surface area (Å²) in [7, 11) is 1.58. The highest BCUT2D eigenvalue weighted by Crippen LogP contribution is 2.16. The van der Waals surface area contributed by atoms with Crippen LogP contribution in [0.25, 0.3) is 0 Å². The third-order valence-electron chi connectivity index (χ3n) is 4.53. The summed E-state index contributed by atoms with van der Waals surface area (Å²) in [5.41, 5.74) is 1.17. The number of methoxy groups -OCH3 is 1. The Hall–Kier alpha value is -2.89. The molecule has 0 aliphatic rings. The fourth-order valence-electron chi connectivity index (χ4n) is 2.81. The van der Waals surface area contributed by atoms with Crippen LogP contribution in [0.5, 0.6) is 5.75 Å². The zero-order chi connectivity index (χ0) is 20.5. The number of nitrogens with one attached hydrogen (secondary N) is 1. The van der Waals surface area contributed by atoms with Gasteiger partial charge in [-0.15, -0.1) is 0 Å². The van der Waals surface area contributed by atoms with Crippen LogP contribution in [-0.2, 0) is 22.6 Å². The second-order valence-electron chi connectivity index (χ2n) is 6.60. The van der Waals surface area contributed by atoms with Gasteiger partial charge in [-0.2, -0.15) is 0 Å². The Morgan fingerprint density at radius 1 is 1.14 bits per heavy atom. The number of halogens is 1. The van der Waals surface area contributed by atoms with E-state index in [1.54, 1.807) is 56.5 Å². The highest BCUT2D eigenvalue weighted by atomic mass is 19.1. The summed E-state index contributed by atoms with van der Waals surface area (Å²) in [5.74, 6) is -0.188. The molecular weight excluding hydrogens is 359 g/mol. The van der Waals surface area contributed by atoms with Crippen LogP contribution in [0.4, 0.5) is 4.39 Å². The van der Waals surface area contributed by atoms with Crippen molar-refractivity contribution in [2.75, 3.05) is 13.7 Å². The number of hydrogen-bond acceptors (Lipinski definition) is 3. The lowest BCUT2D eigenvalue weighted by molar-refractivity contribution is -0.140. The first kappa shape index (κ1) is 21.4. The maximum absolute atomic E-state index is 14.1. The Morgan fingerprint density at radius 2 is 1.82 bits per heavy atom. The zero-order valence-electron chi connectivity index (χ0n) is 16.6. The van der Waals surface area contributed by atoms with Gasteiger partial charge in [0.25, 0.3) is 0 Å². The molecule has 0 aromatic heterocycles. The van der Waals surface area contributed by atoms with Crippen LogP contribution in [0.3, 0.4) is 0 Å². The molecule has 0 saturated heterocycles. The maximum atomic E-state index is 14.1. The number of nitrogens with zero attached hydrogens (tertiary/aromatic N) is 1. The Labute approximate surface area is 165 Å². The Morgan fingerprint density at radius 3 is 2.43 bits per heavy atom. The van der Waals surface area contributed by atoms with E-state index in [-0.39, 0.29) is 24.8 Å². The lowest BCUT2D eigenvalue weighted by atomic mass is 10.1. The van der Waals surface area contributed by atoms with E-state index in [1.165, 1.54) is 11.0 Å². The van der Waals surface area contributed by atoms with E-state index in [2.05, 4.69) is 5.32 Å². The van der Waals surface area contributed by atoms with Gasteiger partial charge in [-0.25, -0.2) is 4.39 Å². The maximum Gasteiger partial charge on any atom is 0.242 e. The lowest BCUT2D eigenvalue weighted by Gasteiger charge is -2.29. The van der Waals surface area contributed by atoms with Gasteiger partial charge < -0.3 is 15.0 Å². The van der Waals surface area contributed by atoms with Crippen LogP contribution in [0.2, 0.25) is 0 Å². The van der Waals surface area contributed by atoms with Crippen molar-refractivity contribution in [2.45, 2.75) is 39.3 Å². The Balaban J connectivity index is 2.21. The molecule has 0 heterocycles. The Kier molecular flexibility index (Phi) is 7.99. The normalized spacial score (nSPS) is 11.6. The van der Waals surface area contributed by atoms with Crippen LogP contribution >= 0.6 is 0 Å². The summed E-state index contributed by atoms with van der Waals surface area (Å²) in [5, 5.41) is 2.80. The van der Waals surface area contributed by atoms with Gasteiger partial charge in [0.2, 0.25) is 11.8 Å². The first-order valence-corrected chi connectivity index (χ1v) is 9.39. The van der Waals surface area contributed by atoms with Crippen molar-refractivity contribution >= 4 is 11.8 Å². The predicted molar refractivity (Wildman–Crippen MR) is 106 cm³/mol. The summed E-state index contributed by atoms with van der Waals surface area (Å²) >= 11 is 0. The van der Waals surface area contributed by atoms with E-state index in [1.807, 2.05) is 6.92 Å². The van der Waals surface area contributed by atoms with Crippen LogP contribution in [0.1, 0.15) is 31.4 Å². The van der Waals surface area contributed by atoms with Gasteiger partial charge in [0.05, 0.1) is 13.5 Å². The van der Waals surface area contributed by atoms with Gasteiger partial charge in [-0.1, -0.05) is 37.3 Å². The summed E-state index contributed by atoms with van der Waals surface area (Å²) in [6.45, 7) is 4.18. The van der Waals surface area contributed by atoms with Crippen molar-refractivity contribution in [1.29, 1.82) is 0 Å². The minimum Gasteiger partial charge on any atom is -0.497 e. The monoisotopic (exact) mass is 386 g/mol. The molecule has 5 nitrogen and oxygen atoms in total. The molecule has 1 N–H and O–H groups in total. The summed E-state index contributed by atoms with van der Waals surface area (Å²) in [6, 6.07) is 12.7. The highest BCUT2D eigenvalue weighted by molar-refractivity contribution is 5.88. The molecule has 0 saturated carbocycles. The lowest BCUT2D eigenvalue weighted by Crippen LogP contribution is -2.48. The fourth-order valence-corrected chi connectivity index (χ4v) is 2.81. The molecule has 2 rings (SSSR count). The molecule has 0 radical (unpaired) electrons. The number of amides is 2. The molecule has 0 spiro atoms. The van der Waals surface area contributed by atoms with Crippen molar-refractivity contribution in [3.8, 4) is 5.75 Å². The molecule has 0 aliphatic heterocycles. The van der Waals surface area contributed by atoms with Crippen LogP contribution < -0.4 is 10.1 Å². The number of carbonyl (C=O) groups excluding carboxylic acids is 2. The Bertz CT molecular complexity index is 793. The summed E-state index contributed by atoms with van der Waals surface area (Å²) in [6.07, 6.45) is 0.912. The molecule has 0 bridgehead atoms. The number of benzene rings is 2. The molecule has 28 heavy (non-hydrogen) atoms. The quantitative estimate of drug-likeness (QED) is 0.719. The molecule has 1 atom stereocenters. The van der Waals surface area contributed by atoms with Crippen LogP contribution in [0, 0.1) is 5.82 Å². The second-order valence-corrected chi connectivity index (χ2v) is 6.60. The van der Waals surface area contributed by atoms with E-state index >= 15 is 0 Å². The average molecular weight is 386 g/mol. The third-order valence-corrected chi connectivity index (χ3v) is 4.53. The molecular formula is C22H27FN2O3. The first-order chi connectivity index (χ1) is 13.5. The summed E-state index contributed by atoms with van der Waals surface area (Å²) in [4.78, 5) is 26.9. The molecule has 2 aromatic carbocycles. The first-order valence-electron chi connectivity index (χ1n) is 9.39. The van der Waals surface area contributed by atoms with Gasteiger partial charge in [0, 0.05) is 18.7 Å². The highest BCUT2D eigenvalue weighted by Gasteiger charge is 2.26. The SMILES string of the molecule is CCCNC(=O)[C@@H](C)N(Cc1ccccc1F)C(=O)Cc1ccc(OC)cc1. The second kappa shape index (κ2) is 10.4. The van der Waals surface area contributed by atoms with Crippen molar-refractivity contribution < 1.29 is 18.7 Å². The fraction of sp³-hybridized carbons (Fsp3) is 0.364. The molecule has 2 aromatic rings. The topological polar surface area (TPSA) is 58.6 Å². The van der Waals surface area contributed by atoms with E-state index in [0.29, 0.717) is 17.9 Å². The minimum atomic E-state index is -0.711. The zero-order valence-corrected chi connectivity index (χ0v) is 16.6. The molecule has 0 unspecified atom stereocenters. The van der Waals surface area contributed by atoms with E-state index < -0.39 is 11.9 Å². The molecule has 6 heteroatoms. The summed E-state index contributed by atoms with van der Waals surface area (Å²) < 4.78 is 19.3.